The van der Waals surface area contributed by atoms with Gasteiger partial charge in [0, 0.05) is 16.7 Å². The van der Waals surface area contributed by atoms with Crippen LogP contribution in [0.3, 0.4) is 0 Å². The minimum Gasteiger partial charge on any atom is -0.308 e. The van der Waals surface area contributed by atoms with Crippen molar-refractivity contribution >= 4 is 27.5 Å². The van der Waals surface area contributed by atoms with Crippen molar-refractivity contribution in [3.63, 3.8) is 0 Å². The number of carbonyl (C=O) groups excluding carboxylic acids is 1. The molecule has 1 aliphatic heterocycles. The number of nitrogens with zero attached hydrogens (tertiary/aromatic N) is 1. The second-order valence-electron chi connectivity index (χ2n) is 5.84. The van der Waals surface area contributed by atoms with Gasteiger partial charge in [0.1, 0.15) is 0 Å². The van der Waals surface area contributed by atoms with Gasteiger partial charge in [-0.15, -0.1) is 0 Å². The van der Waals surface area contributed by atoms with Crippen molar-refractivity contribution in [1.29, 1.82) is 0 Å². The Morgan fingerprint density at radius 1 is 1.24 bits per heavy atom. The molecule has 3 heteroatoms. The highest BCUT2D eigenvalue weighted by Gasteiger charge is 2.27. The predicted octanol–water partition coefficient (Wildman–Crippen LogP) is 4.60. The molecule has 0 saturated carbocycles. The van der Waals surface area contributed by atoms with E-state index in [2.05, 4.69) is 28.9 Å². The summed E-state index contributed by atoms with van der Waals surface area (Å²) in [5, 5.41) is 0. The van der Waals surface area contributed by atoms with Gasteiger partial charge in [0.25, 0.3) is 5.91 Å². The first kappa shape index (κ1) is 14.3. The third-order valence-electron chi connectivity index (χ3n) is 3.95. The molecule has 1 heterocycles. The van der Waals surface area contributed by atoms with E-state index >= 15 is 0 Å². The van der Waals surface area contributed by atoms with Crippen molar-refractivity contribution in [2.45, 2.75) is 20.3 Å². The molecule has 21 heavy (non-hydrogen) atoms. The lowest BCUT2D eigenvalue weighted by molar-refractivity contribution is 0.0980. The Morgan fingerprint density at radius 2 is 2.00 bits per heavy atom. The summed E-state index contributed by atoms with van der Waals surface area (Å²) < 4.78 is 0.864. The van der Waals surface area contributed by atoms with Crippen molar-refractivity contribution in [1.82, 2.24) is 0 Å². The highest BCUT2D eigenvalue weighted by Crippen LogP contribution is 2.31. The lowest BCUT2D eigenvalue weighted by Crippen LogP contribution is -2.39. The zero-order chi connectivity index (χ0) is 15.0. The topological polar surface area (TPSA) is 20.3 Å². The number of anilines is 1. The van der Waals surface area contributed by atoms with Gasteiger partial charge in [-0.25, -0.2) is 0 Å². The SMILES string of the molecule is Cc1ccc(C(=O)N2CC(C)Cc3ccccc32)c(Br)c1. The average molecular weight is 344 g/mol. The number of hydrogen-bond acceptors (Lipinski definition) is 1. The number of hydrogen-bond donors (Lipinski definition) is 0. The van der Waals surface area contributed by atoms with E-state index in [0.717, 1.165) is 34.3 Å². The van der Waals surface area contributed by atoms with E-state index in [9.17, 15) is 4.79 Å². The van der Waals surface area contributed by atoms with Gasteiger partial charge < -0.3 is 4.90 Å². The first-order valence-electron chi connectivity index (χ1n) is 7.22. The molecule has 0 bridgehead atoms. The number of aryl methyl sites for hydroxylation is 1. The molecule has 0 N–H and O–H groups in total. The Balaban J connectivity index is 2.02. The highest BCUT2D eigenvalue weighted by molar-refractivity contribution is 9.10. The van der Waals surface area contributed by atoms with Crippen molar-refractivity contribution < 1.29 is 4.79 Å². The lowest BCUT2D eigenvalue weighted by atomic mass is 9.93. The fourth-order valence-corrected chi connectivity index (χ4v) is 3.59. The molecule has 2 aromatic carbocycles. The van der Waals surface area contributed by atoms with E-state index in [1.54, 1.807) is 0 Å². The molecule has 0 fully saturated rings. The summed E-state index contributed by atoms with van der Waals surface area (Å²) in [6.45, 7) is 4.99. The van der Waals surface area contributed by atoms with Gasteiger partial charge in [-0.1, -0.05) is 31.2 Å². The summed E-state index contributed by atoms with van der Waals surface area (Å²) in [4.78, 5) is 14.9. The number of carbonyl (C=O) groups is 1. The Kier molecular flexibility index (Phi) is 3.85. The van der Waals surface area contributed by atoms with Crippen LogP contribution in [-0.2, 0) is 6.42 Å². The molecular weight excluding hydrogens is 326 g/mol. The number of halogens is 1. The maximum absolute atomic E-state index is 12.9. The Hall–Kier alpha value is -1.61. The molecule has 1 atom stereocenters. The lowest BCUT2D eigenvalue weighted by Gasteiger charge is -2.33. The minimum absolute atomic E-state index is 0.0703. The van der Waals surface area contributed by atoms with Crippen LogP contribution >= 0.6 is 15.9 Å². The molecule has 2 aromatic rings. The molecule has 1 unspecified atom stereocenters. The third kappa shape index (κ3) is 2.75. The predicted molar refractivity (Wildman–Crippen MR) is 89.9 cm³/mol. The van der Waals surface area contributed by atoms with Crippen LogP contribution in [0.4, 0.5) is 5.69 Å². The number of rotatable bonds is 1. The summed E-state index contributed by atoms with van der Waals surface area (Å²) in [5.41, 5.74) is 4.18. The van der Waals surface area contributed by atoms with Crippen molar-refractivity contribution in [3.05, 3.63) is 63.6 Å². The molecule has 0 aromatic heterocycles. The Labute approximate surface area is 133 Å². The van der Waals surface area contributed by atoms with E-state index < -0.39 is 0 Å². The minimum atomic E-state index is 0.0703. The largest absolute Gasteiger partial charge is 0.308 e. The summed E-state index contributed by atoms with van der Waals surface area (Å²) in [6.07, 6.45) is 1.04. The Morgan fingerprint density at radius 3 is 2.76 bits per heavy atom. The molecule has 108 valence electrons. The molecule has 3 rings (SSSR count). The second-order valence-corrected chi connectivity index (χ2v) is 6.69. The van der Waals surface area contributed by atoms with Gasteiger partial charge in [0.15, 0.2) is 0 Å². The van der Waals surface area contributed by atoms with Crippen molar-refractivity contribution in [2.24, 2.45) is 5.92 Å². The standard InChI is InChI=1S/C18H18BrNO/c1-12-7-8-15(16(19)10-12)18(21)20-11-13(2)9-14-5-3-4-6-17(14)20/h3-8,10,13H,9,11H2,1-2H3. The van der Waals surface area contributed by atoms with E-state index in [1.165, 1.54) is 5.56 Å². The first-order valence-corrected chi connectivity index (χ1v) is 8.01. The maximum atomic E-state index is 12.9. The quantitative estimate of drug-likeness (QED) is 0.741. The zero-order valence-electron chi connectivity index (χ0n) is 12.3. The molecule has 0 spiro atoms. The van der Waals surface area contributed by atoms with Crippen LogP contribution in [0, 0.1) is 12.8 Å². The number of fused-ring (bicyclic) bond motifs is 1. The van der Waals surface area contributed by atoms with Crippen LogP contribution in [0.1, 0.15) is 28.4 Å². The molecule has 1 aliphatic rings. The van der Waals surface area contributed by atoms with Crippen LogP contribution in [-0.4, -0.2) is 12.5 Å². The zero-order valence-corrected chi connectivity index (χ0v) is 13.9. The monoisotopic (exact) mass is 343 g/mol. The summed E-state index contributed by atoms with van der Waals surface area (Å²) in [6, 6.07) is 14.1. The molecular formula is C18H18BrNO. The van der Waals surface area contributed by atoms with E-state index in [1.807, 2.05) is 48.2 Å². The van der Waals surface area contributed by atoms with Crippen LogP contribution < -0.4 is 4.90 Å². The van der Waals surface area contributed by atoms with Gasteiger partial charge in [-0.2, -0.15) is 0 Å². The molecule has 1 amide bonds. The fourth-order valence-electron chi connectivity index (χ4n) is 2.93. The van der Waals surface area contributed by atoms with Gasteiger partial charge in [-0.3, -0.25) is 4.79 Å². The average Bonchev–Trinajstić information content (AvgIpc) is 2.45. The summed E-state index contributed by atoms with van der Waals surface area (Å²) in [7, 11) is 0. The number of para-hydroxylation sites is 1. The van der Waals surface area contributed by atoms with E-state index in [4.69, 9.17) is 0 Å². The molecule has 0 radical (unpaired) electrons. The number of benzene rings is 2. The van der Waals surface area contributed by atoms with Crippen LogP contribution in [0.15, 0.2) is 46.9 Å². The van der Waals surface area contributed by atoms with Crippen molar-refractivity contribution in [2.75, 3.05) is 11.4 Å². The molecule has 0 aliphatic carbocycles. The number of amides is 1. The fraction of sp³-hybridized carbons (Fsp3) is 0.278. The van der Waals surface area contributed by atoms with Gasteiger partial charge >= 0.3 is 0 Å². The smallest absolute Gasteiger partial charge is 0.259 e. The molecule has 0 saturated heterocycles. The summed E-state index contributed by atoms with van der Waals surface area (Å²) >= 11 is 3.52. The molecule has 2 nitrogen and oxygen atoms in total. The van der Waals surface area contributed by atoms with Crippen LogP contribution in [0.2, 0.25) is 0 Å². The van der Waals surface area contributed by atoms with Gasteiger partial charge in [0.05, 0.1) is 5.56 Å². The third-order valence-corrected chi connectivity index (χ3v) is 4.60. The highest BCUT2D eigenvalue weighted by atomic mass is 79.9. The maximum Gasteiger partial charge on any atom is 0.259 e. The van der Waals surface area contributed by atoms with Crippen LogP contribution in [0.5, 0.6) is 0 Å². The van der Waals surface area contributed by atoms with Gasteiger partial charge in [-0.05, 0) is 64.5 Å². The summed E-state index contributed by atoms with van der Waals surface area (Å²) in [5.74, 6) is 0.550. The first-order chi connectivity index (χ1) is 10.1. The Bertz CT molecular complexity index is 695. The van der Waals surface area contributed by atoms with E-state index in [0.29, 0.717) is 5.92 Å². The van der Waals surface area contributed by atoms with E-state index in [-0.39, 0.29) is 5.91 Å². The van der Waals surface area contributed by atoms with Crippen LogP contribution in [0.25, 0.3) is 0 Å². The normalized spacial score (nSPS) is 17.5. The second kappa shape index (κ2) is 5.64. The van der Waals surface area contributed by atoms with Crippen molar-refractivity contribution in [3.8, 4) is 0 Å². The van der Waals surface area contributed by atoms with Gasteiger partial charge in [0.2, 0.25) is 0 Å².